The Morgan fingerprint density at radius 3 is 2.50 bits per heavy atom. The average molecular weight is 571 g/mol. The van der Waals surface area contributed by atoms with Gasteiger partial charge >= 0.3 is 12.2 Å². The molecule has 3 aromatic rings. The van der Waals surface area contributed by atoms with Crippen LogP contribution in [0.15, 0.2) is 55.0 Å². The molecule has 1 N–H and O–H groups in total. The van der Waals surface area contributed by atoms with Gasteiger partial charge in [0.1, 0.15) is 16.5 Å². The summed E-state index contributed by atoms with van der Waals surface area (Å²) in [6.45, 7) is 1.92. The van der Waals surface area contributed by atoms with Crippen LogP contribution in [0.4, 0.5) is 13.2 Å². The van der Waals surface area contributed by atoms with Crippen LogP contribution in [0.3, 0.4) is 0 Å². The van der Waals surface area contributed by atoms with Gasteiger partial charge in [0.25, 0.3) is 5.91 Å². The fourth-order valence-electron chi connectivity index (χ4n) is 2.95. The van der Waals surface area contributed by atoms with Crippen molar-refractivity contribution >= 4 is 33.6 Å². The van der Waals surface area contributed by atoms with Gasteiger partial charge in [0.15, 0.2) is 0 Å². The first-order chi connectivity index (χ1) is 18.0. The maximum atomic E-state index is 13.0. The number of ether oxygens (including phenoxy) is 2. The van der Waals surface area contributed by atoms with Crippen molar-refractivity contribution in [2.24, 2.45) is 0 Å². The zero-order valence-electron chi connectivity index (χ0n) is 19.9. The number of nitrogens with zero attached hydrogens (tertiary/aromatic N) is 3. The lowest BCUT2D eigenvalue weighted by atomic mass is 10.1. The Kier molecular flexibility index (Phi) is 9.64. The fourth-order valence-corrected chi connectivity index (χ4v) is 4.22. The van der Waals surface area contributed by atoms with Crippen LogP contribution in [0.2, 0.25) is 5.02 Å². The lowest BCUT2D eigenvalue weighted by Gasteiger charge is -2.13. The fraction of sp³-hybridized carbons (Fsp3) is 0.250. The summed E-state index contributed by atoms with van der Waals surface area (Å²) in [5.74, 6) is -1.25. The minimum absolute atomic E-state index is 0.0116. The minimum atomic E-state index is -4.66. The van der Waals surface area contributed by atoms with Crippen molar-refractivity contribution in [3.8, 4) is 23.4 Å². The van der Waals surface area contributed by atoms with E-state index in [9.17, 15) is 26.4 Å². The summed E-state index contributed by atoms with van der Waals surface area (Å²) in [5.41, 5.74) is -0.826. The van der Waals surface area contributed by atoms with Gasteiger partial charge in [0.2, 0.25) is 15.9 Å². The summed E-state index contributed by atoms with van der Waals surface area (Å²) in [4.78, 5) is 23.8. The van der Waals surface area contributed by atoms with Gasteiger partial charge in [-0.3, -0.25) is 4.79 Å². The summed E-state index contributed by atoms with van der Waals surface area (Å²) in [5, 5.41) is -0.414. The molecule has 0 saturated heterocycles. The highest BCUT2D eigenvalue weighted by molar-refractivity contribution is 7.90. The number of sulfonamides is 1. The van der Waals surface area contributed by atoms with E-state index >= 15 is 0 Å². The number of benzene rings is 1. The molecule has 0 atom stereocenters. The van der Waals surface area contributed by atoms with Crippen molar-refractivity contribution in [3.63, 3.8) is 0 Å². The van der Waals surface area contributed by atoms with E-state index in [0.717, 1.165) is 12.5 Å². The van der Waals surface area contributed by atoms with Gasteiger partial charge in [-0.05, 0) is 36.8 Å². The van der Waals surface area contributed by atoms with Crippen molar-refractivity contribution in [2.45, 2.75) is 32.4 Å². The maximum Gasteiger partial charge on any atom is 0.417 e. The van der Waals surface area contributed by atoms with E-state index in [1.165, 1.54) is 36.7 Å². The lowest BCUT2D eigenvalue weighted by Crippen LogP contribution is -2.31. The van der Waals surface area contributed by atoms with Crippen LogP contribution in [0.5, 0.6) is 23.4 Å². The molecule has 1 aromatic carbocycles. The smallest absolute Gasteiger partial charge is 0.417 e. The number of unbranched alkanes of at least 4 members (excludes halogenated alkanes) is 2. The van der Waals surface area contributed by atoms with Gasteiger partial charge in [-0.2, -0.15) is 13.2 Å². The highest BCUT2D eigenvalue weighted by atomic mass is 35.5. The van der Waals surface area contributed by atoms with Crippen LogP contribution < -0.4 is 14.2 Å². The standard InChI is InChI=1S/C24H22ClF3N4O5S/c1-2-3-4-12-38(34,35)32-21(33)9-7-16-6-8-18(36-23-29-10-5-11-30-23)14-20(16)37-22-19(25)13-17(15-31-22)24(26,27)28/h5-11,13-15H,2-4,12H2,1H3,(H,32,33)/b9-7+. The van der Waals surface area contributed by atoms with E-state index in [1.807, 2.05) is 11.6 Å². The van der Waals surface area contributed by atoms with Gasteiger partial charge in [-0.1, -0.05) is 31.4 Å². The molecule has 0 saturated carbocycles. The topological polar surface area (TPSA) is 120 Å². The number of carbonyl (C=O) groups excluding carboxylic acids is 1. The summed E-state index contributed by atoms with van der Waals surface area (Å²) < 4.78 is 76.2. The highest BCUT2D eigenvalue weighted by Gasteiger charge is 2.32. The molecule has 0 radical (unpaired) electrons. The SMILES string of the molecule is CCCCCS(=O)(=O)NC(=O)/C=C/c1ccc(Oc2ncccn2)cc1Oc1ncc(C(F)(F)F)cc1Cl. The molecule has 14 heteroatoms. The third-order valence-electron chi connectivity index (χ3n) is 4.76. The Labute approximate surface area is 221 Å². The third kappa shape index (κ3) is 8.70. The van der Waals surface area contributed by atoms with Crippen LogP contribution in [0.25, 0.3) is 6.08 Å². The molecule has 3 rings (SSSR count). The third-order valence-corrected chi connectivity index (χ3v) is 6.37. The number of amides is 1. The molecule has 202 valence electrons. The number of aromatic nitrogens is 3. The number of hydrogen-bond donors (Lipinski definition) is 1. The number of hydrogen-bond acceptors (Lipinski definition) is 8. The van der Waals surface area contributed by atoms with E-state index in [-0.39, 0.29) is 34.7 Å². The van der Waals surface area contributed by atoms with E-state index in [1.54, 1.807) is 6.07 Å². The zero-order chi connectivity index (χ0) is 27.8. The Hall–Kier alpha value is -3.71. The molecule has 2 aromatic heterocycles. The second-order valence-corrected chi connectivity index (χ2v) is 10.0. The second-order valence-electron chi connectivity index (χ2n) is 7.77. The number of alkyl halides is 3. The second kappa shape index (κ2) is 12.7. The molecule has 2 heterocycles. The lowest BCUT2D eigenvalue weighted by molar-refractivity contribution is -0.137. The van der Waals surface area contributed by atoms with Crippen LogP contribution in [0, 0.1) is 0 Å². The van der Waals surface area contributed by atoms with Crippen molar-refractivity contribution in [2.75, 3.05) is 5.75 Å². The van der Waals surface area contributed by atoms with Crippen LogP contribution in [-0.4, -0.2) is 35.0 Å². The number of halogens is 4. The average Bonchev–Trinajstić information content (AvgIpc) is 2.84. The highest BCUT2D eigenvalue weighted by Crippen LogP contribution is 2.37. The van der Waals surface area contributed by atoms with Crippen molar-refractivity contribution in [3.05, 3.63) is 71.1 Å². The van der Waals surface area contributed by atoms with Crippen molar-refractivity contribution < 1.29 is 35.9 Å². The minimum Gasteiger partial charge on any atom is -0.437 e. The molecular weight excluding hydrogens is 549 g/mol. The van der Waals surface area contributed by atoms with E-state index < -0.39 is 32.7 Å². The molecular formula is C24H22ClF3N4O5S. The molecule has 38 heavy (non-hydrogen) atoms. The number of nitrogens with one attached hydrogen (secondary N) is 1. The molecule has 0 aliphatic carbocycles. The first kappa shape index (κ1) is 28.9. The quantitative estimate of drug-likeness (QED) is 0.228. The summed E-state index contributed by atoms with van der Waals surface area (Å²) in [6.07, 6.45) is 2.98. The van der Waals surface area contributed by atoms with Gasteiger partial charge in [0, 0.05) is 36.3 Å². The maximum absolute atomic E-state index is 13.0. The Balaban J connectivity index is 1.87. The van der Waals surface area contributed by atoms with Gasteiger partial charge < -0.3 is 9.47 Å². The predicted octanol–water partition coefficient (Wildman–Crippen LogP) is 5.78. The largest absolute Gasteiger partial charge is 0.437 e. The zero-order valence-corrected chi connectivity index (χ0v) is 21.5. The van der Waals surface area contributed by atoms with Crippen molar-refractivity contribution in [1.82, 2.24) is 19.7 Å². The Morgan fingerprint density at radius 1 is 1.11 bits per heavy atom. The monoisotopic (exact) mass is 570 g/mol. The molecule has 0 bridgehead atoms. The predicted molar refractivity (Wildman–Crippen MR) is 133 cm³/mol. The molecule has 0 aliphatic rings. The van der Waals surface area contributed by atoms with Gasteiger partial charge in [0.05, 0.1) is 11.3 Å². The molecule has 0 fully saturated rings. The number of rotatable bonds is 11. The molecule has 0 unspecified atom stereocenters. The Morgan fingerprint density at radius 2 is 1.84 bits per heavy atom. The van der Waals surface area contributed by atoms with Crippen LogP contribution in [0.1, 0.15) is 37.3 Å². The van der Waals surface area contributed by atoms with Crippen molar-refractivity contribution in [1.29, 1.82) is 0 Å². The first-order valence-electron chi connectivity index (χ1n) is 11.2. The Bertz CT molecular complexity index is 1400. The normalized spacial score (nSPS) is 11.9. The number of carbonyl (C=O) groups is 1. The molecule has 0 spiro atoms. The summed E-state index contributed by atoms with van der Waals surface area (Å²) in [6, 6.07) is 6.57. The van der Waals surface area contributed by atoms with E-state index in [2.05, 4.69) is 15.0 Å². The van der Waals surface area contributed by atoms with Crippen LogP contribution in [-0.2, 0) is 21.0 Å². The number of pyridine rings is 1. The van der Waals surface area contributed by atoms with Gasteiger partial charge in [-0.15, -0.1) is 0 Å². The molecule has 9 nitrogen and oxygen atoms in total. The molecule has 0 aliphatic heterocycles. The summed E-state index contributed by atoms with van der Waals surface area (Å²) >= 11 is 5.97. The van der Waals surface area contributed by atoms with Gasteiger partial charge in [-0.25, -0.2) is 28.1 Å². The molecule has 1 amide bonds. The summed E-state index contributed by atoms with van der Waals surface area (Å²) in [7, 11) is -3.81. The first-order valence-corrected chi connectivity index (χ1v) is 13.2. The van der Waals surface area contributed by atoms with E-state index in [4.69, 9.17) is 21.1 Å². The van der Waals surface area contributed by atoms with E-state index in [0.29, 0.717) is 25.1 Å². The van der Waals surface area contributed by atoms with Crippen LogP contribution >= 0.6 is 11.6 Å².